The number of benzene rings is 1. The van der Waals surface area contributed by atoms with E-state index >= 15 is 0 Å². The lowest BCUT2D eigenvalue weighted by Gasteiger charge is -1.87. The maximum atomic E-state index is 3.63. The Hall–Kier alpha value is -1.30. The van der Waals surface area contributed by atoms with Crippen molar-refractivity contribution in [2.75, 3.05) is 0 Å². The molecule has 0 aliphatic rings. The van der Waals surface area contributed by atoms with E-state index in [9.17, 15) is 0 Å². The van der Waals surface area contributed by atoms with E-state index in [-0.39, 0.29) is 0 Å². The van der Waals surface area contributed by atoms with Gasteiger partial charge in [-0.25, -0.2) is 0 Å². The van der Waals surface area contributed by atoms with Crippen LogP contribution in [0.1, 0.15) is 38.2 Å². The van der Waals surface area contributed by atoms with Gasteiger partial charge in [-0.3, -0.25) is 0 Å². The Kier molecular flexibility index (Phi) is 9.84. The minimum Gasteiger partial charge on any atom is -0.103 e. The van der Waals surface area contributed by atoms with Crippen LogP contribution in [0.4, 0.5) is 0 Å². The van der Waals surface area contributed by atoms with Crippen LogP contribution in [0.3, 0.4) is 0 Å². The summed E-state index contributed by atoms with van der Waals surface area (Å²) in [4.78, 5) is 0. The molecule has 1 rings (SSSR count). The minimum atomic E-state index is 1.17. The second kappa shape index (κ2) is 10.8. The van der Waals surface area contributed by atoms with Crippen molar-refractivity contribution in [3.63, 3.8) is 0 Å². The Morgan fingerprint density at radius 3 is 2.13 bits per heavy atom. The van der Waals surface area contributed by atoms with Gasteiger partial charge in [0, 0.05) is 0 Å². The van der Waals surface area contributed by atoms with Crippen LogP contribution in [0.25, 0.3) is 6.08 Å². The van der Waals surface area contributed by atoms with Crippen LogP contribution in [0.15, 0.2) is 49.6 Å². The van der Waals surface area contributed by atoms with Gasteiger partial charge in [-0.05, 0) is 18.4 Å². The highest BCUT2D eigenvalue weighted by Crippen LogP contribution is 1.98. The zero-order valence-corrected chi connectivity index (χ0v) is 9.78. The largest absolute Gasteiger partial charge is 0.103 e. The van der Waals surface area contributed by atoms with Crippen LogP contribution in [0.5, 0.6) is 0 Å². The van der Waals surface area contributed by atoms with Gasteiger partial charge in [0.1, 0.15) is 0 Å². The third kappa shape index (κ3) is 9.01. The zero-order chi connectivity index (χ0) is 11.4. The third-order valence-electron chi connectivity index (χ3n) is 2.05. The van der Waals surface area contributed by atoms with E-state index in [4.69, 9.17) is 0 Å². The predicted octanol–water partition coefficient (Wildman–Crippen LogP) is 5.08. The second-order valence-corrected chi connectivity index (χ2v) is 3.40. The van der Waals surface area contributed by atoms with Crippen LogP contribution in [-0.4, -0.2) is 0 Å². The molecule has 0 N–H and O–H groups in total. The lowest BCUT2D eigenvalue weighted by molar-refractivity contribution is 0.730. The summed E-state index contributed by atoms with van der Waals surface area (Å²) in [5.41, 5.74) is 1.17. The molecule has 15 heavy (non-hydrogen) atoms. The Morgan fingerprint density at radius 2 is 1.73 bits per heavy atom. The average molecular weight is 202 g/mol. The van der Waals surface area contributed by atoms with Crippen molar-refractivity contribution in [2.24, 2.45) is 0 Å². The zero-order valence-electron chi connectivity index (χ0n) is 9.78. The van der Waals surface area contributed by atoms with Crippen molar-refractivity contribution >= 4 is 6.08 Å². The van der Waals surface area contributed by atoms with E-state index in [0.29, 0.717) is 0 Å². The van der Waals surface area contributed by atoms with Crippen molar-refractivity contribution in [3.05, 3.63) is 55.1 Å². The van der Waals surface area contributed by atoms with Gasteiger partial charge in [0.15, 0.2) is 0 Å². The normalized spacial score (nSPS) is 8.60. The van der Waals surface area contributed by atoms with Crippen LogP contribution >= 0.6 is 0 Å². The van der Waals surface area contributed by atoms with Crippen molar-refractivity contribution in [1.29, 1.82) is 0 Å². The molecule has 1 aromatic carbocycles. The first-order chi connectivity index (χ1) is 7.35. The number of hydrogen-bond donors (Lipinski definition) is 0. The fourth-order valence-electron chi connectivity index (χ4n) is 1.13. The SMILES string of the molecule is C=CCCCCC.C=Cc1ccccc1. The molecule has 0 bridgehead atoms. The topological polar surface area (TPSA) is 0 Å². The molecule has 1 aromatic rings. The summed E-state index contributed by atoms with van der Waals surface area (Å²) >= 11 is 0. The molecule has 0 aliphatic heterocycles. The highest BCUT2D eigenvalue weighted by atomic mass is 13.8. The van der Waals surface area contributed by atoms with Crippen LogP contribution < -0.4 is 0 Å². The van der Waals surface area contributed by atoms with Gasteiger partial charge < -0.3 is 0 Å². The molecule has 0 radical (unpaired) electrons. The summed E-state index contributed by atoms with van der Waals surface area (Å²) in [6.07, 6.45) is 8.99. The van der Waals surface area contributed by atoms with E-state index in [1.54, 1.807) is 0 Å². The maximum absolute atomic E-state index is 3.63. The second-order valence-electron chi connectivity index (χ2n) is 3.40. The lowest BCUT2D eigenvalue weighted by Crippen LogP contribution is -1.67. The summed E-state index contributed by atoms with van der Waals surface area (Å²) in [5.74, 6) is 0. The maximum Gasteiger partial charge on any atom is -0.0263 e. The highest BCUT2D eigenvalue weighted by molar-refractivity contribution is 5.45. The van der Waals surface area contributed by atoms with Gasteiger partial charge in [-0.2, -0.15) is 0 Å². The molecule has 82 valence electrons. The van der Waals surface area contributed by atoms with E-state index in [1.807, 2.05) is 42.5 Å². The molecule has 0 heteroatoms. The van der Waals surface area contributed by atoms with Crippen molar-refractivity contribution < 1.29 is 0 Å². The van der Waals surface area contributed by atoms with E-state index in [2.05, 4.69) is 20.1 Å². The van der Waals surface area contributed by atoms with Crippen LogP contribution in [0, 0.1) is 0 Å². The molecule has 0 amide bonds. The molecule has 0 aliphatic carbocycles. The van der Waals surface area contributed by atoms with Gasteiger partial charge in [0.2, 0.25) is 0 Å². The number of allylic oxidation sites excluding steroid dienone is 1. The molecule has 0 aromatic heterocycles. The van der Waals surface area contributed by atoms with Crippen LogP contribution in [-0.2, 0) is 0 Å². The van der Waals surface area contributed by atoms with E-state index in [0.717, 1.165) is 0 Å². The average Bonchev–Trinajstić information content (AvgIpc) is 2.32. The fraction of sp³-hybridized carbons (Fsp3) is 0.333. The van der Waals surface area contributed by atoms with Gasteiger partial charge in [0.25, 0.3) is 0 Å². The minimum absolute atomic E-state index is 1.17. The lowest BCUT2D eigenvalue weighted by atomic mass is 10.2. The smallest absolute Gasteiger partial charge is 0.0263 e. The first-order valence-electron chi connectivity index (χ1n) is 5.63. The third-order valence-corrected chi connectivity index (χ3v) is 2.05. The summed E-state index contributed by atoms with van der Waals surface area (Å²) in [5, 5.41) is 0. The summed E-state index contributed by atoms with van der Waals surface area (Å²) in [7, 11) is 0. The molecule has 0 heterocycles. The molecule has 0 fully saturated rings. The molecular weight excluding hydrogens is 180 g/mol. The van der Waals surface area contributed by atoms with Gasteiger partial charge >= 0.3 is 0 Å². The Balaban J connectivity index is 0.000000265. The molecule has 0 nitrogen and oxygen atoms in total. The van der Waals surface area contributed by atoms with Crippen molar-refractivity contribution in [1.82, 2.24) is 0 Å². The Morgan fingerprint density at radius 1 is 1.07 bits per heavy atom. The molecule has 0 spiro atoms. The standard InChI is InChI=1S/C8H8.C7H14/c1-2-8-6-4-3-5-7-8;1-3-5-7-6-4-2/h2-7H,1H2;3H,1,4-7H2,2H3. The number of rotatable bonds is 5. The predicted molar refractivity (Wildman–Crippen MR) is 70.9 cm³/mol. The highest BCUT2D eigenvalue weighted by Gasteiger charge is 1.77. The van der Waals surface area contributed by atoms with Gasteiger partial charge in [-0.15, -0.1) is 6.58 Å². The molecule has 0 saturated heterocycles. The van der Waals surface area contributed by atoms with Gasteiger partial charge in [-0.1, -0.05) is 68.8 Å². The Labute approximate surface area is 94.3 Å². The number of unbranched alkanes of at least 4 members (excludes halogenated alkanes) is 3. The quantitative estimate of drug-likeness (QED) is 0.461. The summed E-state index contributed by atoms with van der Waals surface area (Å²) in [6, 6.07) is 10.0. The van der Waals surface area contributed by atoms with Crippen molar-refractivity contribution in [3.8, 4) is 0 Å². The Bertz CT molecular complexity index is 246. The first-order valence-corrected chi connectivity index (χ1v) is 5.63. The van der Waals surface area contributed by atoms with E-state index < -0.39 is 0 Å². The molecule has 0 unspecified atom stereocenters. The summed E-state index contributed by atoms with van der Waals surface area (Å²) in [6.45, 7) is 9.47. The molecular formula is C15H22. The number of hydrogen-bond acceptors (Lipinski definition) is 0. The van der Waals surface area contributed by atoms with Gasteiger partial charge in [0.05, 0.1) is 0 Å². The fourth-order valence-corrected chi connectivity index (χ4v) is 1.13. The summed E-state index contributed by atoms with van der Waals surface area (Å²) < 4.78 is 0. The molecule has 0 atom stereocenters. The van der Waals surface area contributed by atoms with Crippen LogP contribution in [0.2, 0.25) is 0 Å². The monoisotopic (exact) mass is 202 g/mol. The van der Waals surface area contributed by atoms with E-state index in [1.165, 1.54) is 31.2 Å². The first kappa shape index (κ1) is 13.7. The van der Waals surface area contributed by atoms with Crippen molar-refractivity contribution in [2.45, 2.75) is 32.6 Å². The molecule has 0 saturated carbocycles.